The van der Waals surface area contributed by atoms with Crippen molar-refractivity contribution in [1.29, 1.82) is 0 Å². The Morgan fingerprint density at radius 1 is 1.38 bits per heavy atom. The Labute approximate surface area is 129 Å². The molecular formula is C16H21N3OS. The van der Waals surface area contributed by atoms with Crippen LogP contribution in [0.5, 0.6) is 0 Å². The highest BCUT2D eigenvalue weighted by molar-refractivity contribution is 7.09. The third-order valence-corrected chi connectivity index (χ3v) is 4.14. The van der Waals surface area contributed by atoms with E-state index < -0.39 is 0 Å². The van der Waals surface area contributed by atoms with E-state index in [4.69, 9.17) is 0 Å². The van der Waals surface area contributed by atoms with Crippen LogP contribution in [0.2, 0.25) is 0 Å². The van der Waals surface area contributed by atoms with Gasteiger partial charge in [0.2, 0.25) is 0 Å². The summed E-state index contributed by atoms with van der Waals surface area (Å²) in [6.07, 6.45) is 3.59. The summed E-state index contributed by atoms with van der Waals surface area (Å²) in [7, 11) is 1.84. The van der Waals surface area contributed by atoms with Crippen LogP contribution < -0.4 is 5.32 Å². The minimum Gasteiger partial charge on any atom is -0.369 e. The van der Waals surface area contributed by atoms with Gasteiger partial charge in [-0.3, -0.25) is 4.79 Å². The lowest BCUT2D eigenvalue weighted by atomic mass is 10.2. The Morgan fingerprint density at radius 2 is 2.24 bits per heavy atom. The molecule has 2 rings (SSSR count). The molecule has 0 atom stereocenters. The number of carbonyl (C=O) groups excluding carboxylic acids is 1. The molecule has 0 aliphatic rings. The van der Waals surface area contributed by atoms with E-state index in [1.165, 1.54) is 4.88 Å². The smallest absolute Gasteiger partial charge is 0.257 e. The van der Waals surface area contributed by atoms with E-state index in [0.29, 0.717) is 17.9 Å². The van der Waals surface area contributed by atoms with Crippen molar-refractivity contribution in [2.24, 2.45) is 0 Å². The van der Waals surface area contributed by atoms with Crippen LogP contribution in [0, 0.1) is 0 Å². The summed E-state index contributed by atoms with van der Waals surface area (Å²) >= 11 is 1.72. The van der Waals surface area contributed by atoms with Crippen molar-refractivity contribution in [1.82, 2.24) is 9.88 Å². The maximum atomic E-state index is 12.5. The second-order valence-electron chi connectivity index (χ2n) is 4.88. The second-order valence-corrected chi connectivity index (χ2v) is 5.91. The topological polar surface area (TPSA) is 45.2 Å². The van der Waals surface area contributed by atoms with E-state index in [-0.39, 0.29) is 5.91 Å². The number of hydrogen-bond donors (Lipinski definition) is 1. The van der Waals surface area contributed by atoms with Gasteiger partial charge in [0.25, 0.3) is 5.91 Å². The Kier molecular flexibility index (Phi) is 5.75. The molecule has 2 aromatic heterocycles. The molecule has 0 aliphatic carbocycles. The molecule has 0 saturated carbocycles. The van der Waals surface area contributed by atoms with Gasteiger partial charge in [0.1, 0.15) is 5.82 Å². The zero-order chi connectivity index (χ0) is 15.1. The van der Waals surface area contributed by atoms with Crippen LogP contribution in [0.15, 0.2) is 35.8 Å². The average molecular weight is 303 g/mol. The molecule has 2 heterocycles. The number of carbonyl (C=O) groups is 1. The number of hydrogen-bond acceptors (Lipinski definition) is 4. The third-order valence-electron chi connectivity index (χ3n) is 3.20. The van der Waals surface area contributed by atoms with Crippen LogP contribution in [-0.4, -0.2) is 35.9 Å². The highest BCUT2D eigenvalue weighted by Crippen LogP contribution is 2.15. The van der Waals surface area contributed by atoms with Gasteiger partial charge >= 0.3 is 0 Å². The summed E-state index contributed by atoms with van der Waals surface area (Å²) in [5.41, 5.74) is 0.639. The van der Waals surface area contributed by atoms with E-state index in [9.17, 15) is 4.79 Å². The molecule has 0 aliphatic heterocycles. The Morgan fingerprint density at radius 3 is 2.95 bits per heavy atom. The van der Waals surface area contributed by atoms with Crippen LogP contribution in [0.1, 0.15) is 28.6 Å². The molecular weight excluding hydrogens is 282 g/mol. The molecule has 2 aromatic rings. The molecule has 4 nitrogen and oxygen atoms in total. The van der Waals surface area contributed by atoms with Gasteiger partial charge < -0.3 is 10.2 Å². The predicted molar refractivity (Wildman–Crippen MR) is 88.0 cm³/mol. The van der Waals surface area contributed by atoms with E-state index >= 15 is 0 Å². The standard InChI is InChI=1S/C16H21N3OS/c1-3-9-17-15-14(7-4-10-18-15)16(20)19(2)11-8-13-6-5-12-21-13/h4-7,10,12H,3,8-9,11H2,1-2H3,(H,17,18). The zero-order valence-corrected chi connectivity index (χ0v) is 13.3. The van der Waals surface area contributed by atoms with Crippen molar-refractivity contribution < 1.29 is 4.79 Å². The van der Waals surface area contributed by atoms with Gasteiger partial charge in [0.15, 0.2) is 0 Å². The summed E-state index contributed by atoms with van der Waals surface area (Å²) in [5.74, 6) is 0.686. The van der Waals surface area contributed by atoms with Crippen LogP contribution in [0.3, 0.4) is 0 Å². The van der Waals surface area contributed by atoms with Crippen molar-refractivity contribution in [3.8, 4) is 0 Å². The molecule has 112 valence electrons. The monoisotopic (exact) mass is 303 g/mol. The molecule has 0 unspecified atom stereocenters. The SMILES string of the molecule is CCCNc1ncccc1C(=O)N(C)CCc1cccs1. The Balaban J connectivity index is 2.01. The molecule has 0 fully saturated rings. The molecule has 5 heteroatoms. The van der Waals surface area contributed by atoms with Crippen LogP contribution in [0.4, 0.5) is 5.82 Å². The molecule has 0 saturated heterocycles. The summed E-state index contributed by atoms with van der Waals surface area (Å²) < 4.78 is 0. The summed E-state index contributed by atoms with van der Waals surface area (Å²) in [6.45, 7) is 3.61. The van der Waals surface area contributed by atoms with Gasteiger partial charge in [-0.2, -0.15) is 0 Å². The Bertz CT molecular complexity index is 569. The Hall–Kier alpha value is -1.88. The maximum Gasteiger partial charge on any atom is 0.257 e. The predicted octanol–water partition coefficient (Wildman–Crippen LogP) is 3.28. The number of anilines is 1. The van der Waals surface area contributed by atoms with Gasteiger partial charge in [-0.1, -0.05) is 13.0 Å². The molecule has 1 amide bonds. The molecule has 0 bridgehead atoms. The quantitative estimate of drug-likeness (QED) is 0.854. The minimum atomic E-state index is 0.0123. The first-order valence-electron chi connectivity index (χ1n) is 7.19. The van der Waals surface area contributed by atoms with E-state index in [1.54, 1.807) is 28.5 Å². The normalized spacial score (nSPS) is 10.4. The molecule has 0 aromatic carbocycles. The number of amides is 1. The lowest BCUT2D eigenvalue weighted by Crippen LogP contribution is -2.29. The molecule has 1 N–H and O–H groups in total. The fourth-order valence-corrected chi connectivity index (χ4v) is 2.70. The van der Waals surface area contributed by atoms with Gasteiger partial charge in [-0.05, 0) is 36.4 Å². The summed E-state index contributed by atoms with van der Waals surface area (Å²) in [5, 5.41) is 5.27. The van der Waals surface area contributed by atoms with Crippen molar-refractivity contribution >= 4 is 23.1 Å². The molecule has 0 spiro atoms. The fraction of sp³-hybridized carbons (Fsp3) is 0.375. The fourth-order valence-electron chi connectivity index (χ4n) is 2.00. The lowest BCUT2D eigenvalue weighted by Gasteiger charge is -2.18. The summed E-state index contributed by atoms with van der Waals surface area (Å²) in [4.78, 5) is 19.9. The third kappa shape index (κ3) is 4.29. The van der Waals surface area contributed by atoms with E-state index in [0.717, 1.165) is 19.4 Å². The first-order chi connectivity index (χ1) is 10.2. The number of thiophene rings is 1. The number of likely N-dealkylation sites (N-methyl/N-ethyl adjacent to an activating group) is 1. The van der Waals surface area contributed by atoms with Gasteiger partial charge in [-0.15, -0.1) is 11.3 Å². The summed E-state index contributed by atoms with van der Waals surface area (Å²) in [6, 6.07) is 7.77. The van der Waals surface area contributed by atoms with Crippen LogP contribution in [-0.2, 0) is 6.42 Å². The highest BCUT2D eigenvalue weighted by atomic mass is 32.1. The van der Waals surface area contributed by atoms with Crippen molar-refractivity contribution in [3.05, 3.63) is 46.3 Å². The molecule has 0 radical (unpaired) electrons. The first-order valence-corrected chi connectivity index (χ1v) is 8.07. The van der Waals surface area contributed by atoms with Gasteiger partial charge in [-0.25, -0.2) is 4.98 Å². The van der Waals surface area contributed by atoms with Crippen molar-refractivity contribution in [2.75, 3.05) is 25.5 Å². The number of pyridine rings is 1. The number of rotatable bonds is 7. The van der Waals surface area contributed by atoms with Crippen LogP contribution >= 0.6 is 11.3 Å². The first kappa shape index (κ1) is 15.5. The maximum absolute atomic E-state index is 12.5. The van der Waals surface area contributed by atoms with Gasteiger partial charge in [0.05, 0.1) is 5.56 Å². The van der Waals surface area contributed by atoms with Gasteiger partial charge in [0, 0.05) is 31.2 Å². The average Bonchev–Trinajstić information content (AvgIpc) is 3.03. The van der Waals surface area contributed by atoms with Crippen LogP contribution in [0.25, 0.3) is 0 Å². The number of nitrogens with zero attached hydrogens (tertiary/aromatic N) is 2. The zero-order valence-electron chi connectivity index (χ0n) is 12.5. The largest absolute Gasteiger partial charge is 0.369 e. The van der Waals surface area contributed by atoms with E-state index in [2.05, 4.69) is 28.7 Å². The van der Waals surface area contributed by atoms with Crippen molar-refractivity contribution in [3.63, 3.8) is 0 Å². The molecule has 21 heavy (non-hydrogen) atoms. The number of aromatic nitrogens is 1. The van der Waals surface area contributed by atoms with E-state index in [1.807, 2.05) is 19.2 Å². The second kappa shape index (κ2) is 7.78. The highest BCUT2D eigenvalue weighted by Gasteiger charge is 2.16. The van der Waals surface area contributed by atoms with Crippen molar-refractivity contribution in [2.45, 2.75) is 19.8 Å². The minimum absolute atomic E-state index is 0.0123. The lowest BCUT2D eigenvalue weighted by molar-refractivity contribution is 0.0797. The number of nitrogens with one attached hydrogen (secondary N) is 1.